The standard InChI is InChI=1S/C44H28N6/c1-3-13-41-35(11-1)37-19-21-46-28-44(37)50(41)34-10-6-8-30(24-34)32-16-18-40(48-26-32)39-17-15-31(25-47-39)29-7-5-9-33(23-29)49-42-14-4-2-12-36(42)38-27-45-22-20-43(38)49/h1-28H. The normalized spacial score (nSPS) is 11.6. The van der Waals surface area contributed by atoms with E-state index in [-0.39, 0.29) is 0 Å². The lowest BCUT2D eigenvalue weighted by Crippen LogP contribution is -1.95. The summed E-state index contributed by atoms with van der Waals surface area (Å²) in [6.07, 6.45) is 11.5. The second-order valence-electron chi connectivity index (χ2n) is 12.5. The Morgan fingerprint density at radius 1 is 0.340 bits per heavy atom. The molecule has 10 rings (SSSR count). The fourth-order valence-corrected chi connectivity index (χ4v) is 7.27. The molecule has 6 aromatic heterocycles. The number of nitrogens with zero attached hydrogens (tertiary/aromatic N) is 6. The van der Waals surface area contributed by atoms with Gasteiger partial charge in [-0.15, -0.1) is 0 Å². The molecule has 6 heteroatoms. The van der Waals surface area contributed by atoms with Crippen LogP contribution in [0.4, 0.5) is 0 Å². The minimum Gasteiger partial charge on any atom is -0.309 e. The summed E-state index contributed by atoms with van der Waals surface area (Å²) in [5.74, 6) is 0. The fraction of sp³-hybridized carbons (Fsp3) is 0. The number of pyridine rings is 4. The van der Waals surface area contributed by atoms with Gasteiger partial charge in [-0.1, -0.05) is 72.8 Å². The fourth-order valence-electron chi connectivity index (χ4n) is 7.27. The maximum atomic E-state index is 4.84. The van der Waals surface area contributed by atoms with Gasteiger partial charge in [-0.05, 0) is 71.8 Å². The highest BCUT2D eigenvalue weighted by Crippen LogP contribution is 2.35. The Morgan fingerprint density at radius 2 is 0.860 bits per heavy atom. The monoisotopic (exact) mass is 640 g/mol. The van der Waals surface area contributed by atoms with Crippen molar-refractivity contribution in [3.8, 4) is 45.0 Å². The average Bonchev–Trinajstić information content (AvgIpc) is 3.71. The van der Waals surface area contributed by atoms with Crippen molar-refractivity contribution >= 4 is 43.6 Å². The molecule has 0 aliphatic heterocycles. The third-order valence-corrected chi connectivity index (χ3v) is 9.61. The Kier molecular flexibility index (Phi) is 6.39. The van der Waals surface area contributed by atoms with Gasteiger partial charge < -0.3 is 9.13 Å². The number of benzene rings is 4. The summed E-state index contributed by atoms with van der Waals surface area (Å²) in [4.78, 5) is 18.5. The van der Waals surface area contributed by atoms with Crippen LogP contribution in [0.15, 0.2) is 171 Å². The number of aromatic nitrogens is 6. The first-order valence-corrected chi connectivity index (χ1v) is 16.6. The first kappa shape index (κ1) is 28.1. The van der Waals surface area contributed by atoms with Crippen LogP contribution in [0.3, 0.4) is 0 Å². The molecule has 0 unspecified atom stereocenters. The van der Waals surface area contributed by atoms with Crippen LogP contribution in [-0.2, 0) is 0 Å². The molecule has 50 heavy (non-hydrogen) atoms. The van der Waals surface area contributed by atoms with Crippen molar-refractivity contribution in [2.45, 2.75) is 0 Å². The highest BCUT2D eigenvalue weighted by molar-refractivity contribution is 6.09. The van der Waals surface area contributed by atoms with Gasteiger partial charge in [-0.25, -0.2) is 0 Å². The van der Waals surface area contributed by atoms with E-state index < -0.39 is 0 Å². The molecular weight excluding hydrogens is 613 g/mol. The second kappa shape index (κ2) is 11.4. The van der Waals surface area contributed by atoms with Gasteiger partial charge in [0.2, 0.25) is 0 Å². The maximum absolute atomic E-state index is 4.84. The first-order valence-electron chi connectivity index (χ1n) is 16.6. The van der Waals surface area contributed by atoms with Crippen LogP contribution in [0, 0.1) is 0 Å². The lowest BCUT2D eigenvalue weighted by atomic mass is 10.0. The molecule has 0 amide bonds. The van der Waals surface area contributed by atoms with Gasteiger partial charge in [-0.2, -0.15) is 0 Å². The van der Waals surface area contributed by atoms with Gasteiger partial charge >= 0.3 is 0 Å². The summed E-state index contributed by atoms with van der Waals surface area (Å²) in [6.45, 7) is 0. The van der Waals surface area contributed by atoms with E-state index in [4.69, 9.17) is 9.97 Å². The zero-order valence-corrected chi connectivity index (χ0v) is 26.8. The minimum absolute atomic E-state index is 0.831. The molecule has 10 aromatic rings. The minimum atomic E-state index is 0.831. The summed E-state index contributed by atoms with van der Waals surface area (Å²) in [7, 11) is 0. The third kappa shape index (κ3) is 4.50. The van der Waals surface area contributed by atoms with Crippen molar-refractivity contribution in [3.05, 3.63) is 171 Å². The van der Waals surface area contributed by atoms with Crippen LogP contribution in [0.25, 0.3) is 88.6 Å². The van der Waals surface area contributed by atoms with Gasteiger partial charge in [0, 0.05) is 75.0 Å². The summed E-state index contributed by atoms with van der Waals surface area (Å²) < 4.78 is 4.59. The van der Waals surface area contributed by atoms with E-state index in [9.17, 15) is 0 Å². The quantitative estimate of drug-likeness (QED) is 0.188. The zero-order valence-electron chi connectivity index (χ0n) is 26.8. The van der Waals surface area contributed by atoms with Crippen LogP contribution in [0.2, 0.25) is 0 Å². The maximum Gasteiger partial charge on any atom is 0.0886 e. The molecular formula is C44H28N6. The highest BCUT2D eigenvalue weighted by Gasteiger charge is 2.14. The highest BCUT2D eigenvalue weighted by atomic mass is 15.0. The Bertz CT molecular complexity index is 2560. The van der Waals surface area contributed by atoms with Crippen LogP contribution in [0.1, 0.15) is 0 Å². The van der Waals surface area contributed by atoms with E-state index in [0.29, 0.717) is 0 Å². The summed E-state index contributed by atoms with van der Waals surface area (Å²) in [5, 5.41) is 4.75. The van der Waals surface area contributed by atoms with Gasteiger partial charge in [-0.3, -0.25) is 19.9 Å². The molecule has 0 aliphatic rings. The SMILES string of the molecule is c1cc(-c2ccc(-c3ccc(-c4cccc(-n5c6ccccc6c6ccncc65)c4)cn3)nc2)cc(-n2c3ccccc3c3cnccc32)c1. The molecule has 0 spiro atoms. The van der Waals surface area contributed by atoms with E-state index in [1.54, 1.807) is 0 Å². The van der Waals surface area contributed by atoms with E-state index in [0.717, 1.165) is 72.5 Å². The largest absolute Gasteiger partial charge is 0.309 e. The number of rotatable bonds is 5. The molecule has 0 aliphatic carbocycles. The summed E-state index contributed by atoms with van der Waals surface area (Å²) in [5.41, 5.74) is 12.7. The van der Waals surface area contributed by atoms with Crippen molar-refractivity contribution in [2.75, 3.05) is 0 Å². The van der Waals surface area contributed by atoms with E-state index in [1.807, 2.05) is 49.3 Å². The second-order valence-corrected chi connectivity index (χ2v) is 12.5. The number of hydrogen-bond donors (Lipinski definition) is 0. The van der Waals surface area contributed by atoms with Crippen molar-refractivity contribution in [1.82, 2.24) is 29.1 Å². The topological polar surface area (TPSA) is 61.4 Å². The van der Waals surface area contributed by atoms with Crippen LogP contribution in [0.5, 0.6) is 0 Å². The average molecular weight is 641 g/mol. The predicted octanol–water partition coefficient (Wildman–Crippen LogP) is 10.5. The Balaban J connectivity index is 0.949. The molecule has 0 saturated heterocycles. The Morgan fingerprint density at radius 3 is 1.48 bits per heavy atom. The lowest BCUT2D eigenvalue weighted by molar-refractivity contribution is 1.16. The van der Waals surface area contributed by atoms with Crippen LogP contribution in [-0.4, -0.2) is 29.1 Å². The molecule has 6 nitrogen and oxygen atoms in total. The Hall–Kier alpha value is -6.92. The predicted molar refractivity (Wildman–Crippen MR) is 203 cm³/mol. The molecule has 0 saturated carbocycles. The van der Waals surface area contributed by atoms with Gasteiger partial charge in [0.1, 0.15) is 0 Å². The number of fused-ring (bicyclic) bond motifs is 6. The molecule has 0 radical (unpaired) electrons. The Labute approximate surface area is 287 Å². The number of hydrogen-bond acceptors (Lipinski definition) is 4. The van der Waals surface area contributed by atoms with E-state index in [2.05, 4.69) is 140 Å². The summed E-state index contributed by atoms with van der Waals surface area (Å²) >= 11 is 0. The van der Waals surface area contributed by atoms with Gasteiger partial charge in [0.05, 0.1) is 39.7 Å². The van der Waals surface area contributed by atoms with E-state index in [1.165, 1.54) is 16.2 Å². The molecule has 6 heterocycles. The van der Waals surface area contributed by atoms with Crippen LogP contribution >= 0.6 is 0 Å². The van der Waals surface area contributed by atoms with Gasteiger partial charge in [0.15, 0.2) is 0 Å². The number of para-hydroxylation sites is 2. The first-order chi connectivity index (χ1) is 24.8. The zero-order chi connectivity index (χ0) is 33.0. The smallest absolute Gasteiger partial charge is 0.0886 e. The summed E-state index contributed by atoms with van der Waals surface area (Å²) in [6, 6.07) is 46.7. The molecule has 4 aromatic carbocycles. The van der Waals surface area contributed by atoms with E-state index >= 15 is 0 Å². The molecule has 0 bridgehead atoms. The van der Waals surface area contributed by atoms with Crippen molar-refractivity contribution in [2.24, 2.45) is 0 Å². The van der Waals surface area contributed by atoms with Crippen molar-refractivity contribution < 1.29 is 0 Å². The van der Waals surface area contributed by atoms with Gasteiger partial charge in [0.25, 0.3) is 0 Å². The molecule has 0 fully saturated rings. The molecule has 0 N–H and O–H groups in total. The molecule has 0 atom stereocenters. The van der Waals surface area contributed by atoms with Crippen molar-refractivity contribution in [3.63, 3.8) is 0 Å². The van der Waals surface area contributed by atoms with Crippen molar-refractivity contribution in [1.29, 1.82) is 0 Å². The third-order valence-electron chi connectivity index (χ3n) is 9.61. The molecule has 234 valence electrons. The van der Waals surface area contributed by atoms with Crippen LogP contribution < -0.4 is 0 Å². The lowest BCUT2D eigenvalue weighted by Gasteiger charge is -2.11.